The van der Waals surface area contributed by atoms with Gasteiger partial charge in [-0.05, 0) is 44.0 Å². The van der Waals surface area contributed by atoms with Gasteiger partial charge in [-0.25, -0.2) is 0 Å². The monoisotopic (exact) mass is 324 g/mol. The summed E-state index contributed by atoms with van der Waals surface area (Å²) < 4.78 is 1.02. The maximum atomic E-state index is 12.4. The number of carbonyl (C=O) groups is 1. The molecule has 0 radical (unpaired) electrons. The predicted octanol–water partition coefficient (Wildman–Crippen LogP) is 2.45. The number of piperidine rings is 1. The van der Waals surface area contributed by atoms with Crippen molar-refractivity contribution in [3.8, 4) is 0 Å². The van der Waals surface area contributed by atoms with E-state index >= 15 is 0 Å². The maximum absolute atomic E-state index is 12.4. The Kier molecular flexibility index (Phi) is 5.40. The Morgan fingerprint density at radius 1 is 1.47 bits per heavy atom. The van der Waals surface area contributed by atoms with Crippen molar-refractivity contribution in [2.24, 2.45) is 5.92 Å². The van der Waals surface area contributed by atoms with Crippen LogP contribution in [0.15, 0.2) is 28.7 Å². The molecule has 4 heteroatoms. The summed E-state index contributed by atoms with van der Waals surface area (Å²) in [4.78, 5) is 14.4. The maximum Gasteiger partial charge on any atom is 0.227 e. The summed E-state index contributed by atoms with van der Waals surface area (Å²) in [6, 6.07) is 7.95. The number of nitrogens with zero attached hydrogens (tertiary/aromatic N) is 1. The highest BCUT2D eigenvalue weighted by Gasteiger charge is 2.23. The van der Waals surface area contributed by atoms with Gasteiger partial charge in [-0.3, -0.25) is 4.79 Å². The average Bonchev–Trinajstić information content (AvgIpc) is 2.42. The first-order valence-electron chi connectivity index (χ1n) is 6.86. The molecule has 3 nitrogen and oxygen atoms in total. The van der Waals surface area contributed by atoms with E-state index in [1.54, 1.807) is 0 Å². The predicted molar refractivity (Wildman–Crippen MR) is 81.1 cm³/mol. The van der Waals surface area contributed by atoms with Crippen molar-refractivity contribution in [2.45, 2.75) is 19.3 Å². The fourth-order valence-corrected chi connectivity index (χ4v) is 3.09. The van der Waals surface area contributed by atoms with Crippen LogP contribution < -0.4 is 5.32 Å². The Hall–Kier alpha value is -0.870. The fraction of sp³-hybridized carbons (Fsp3) is 0.533. The van der Waals surface area contributed by atoms with Crippen LogP contribution in [-0.2, 0) is 11.2 Å². The molecule has 1 aromatic rings. The van der Waals surface area contributed by atoms with E-state index in [4.69, 9.17) is 0 Å². The quantitative estimate of drug-likeness (QED) is 0.922. The summed E-state index contributed by atoms with van der Waals surface area (Å²) in [6.45, 7) is 2.80. The van der Waals surface area contributed by atoms with Gasteiger partial charge in [0.2, 0.25) is 5.91 Å². The second-order valence-corrected chi connectivity index (χ2v) is 6.03. The van der Waals surface area contributed by atoms with Crippen molar-refractivity contribution >= 4 is 21.8 Å². The van der Waals surface area contributed by atoms with Crippen LogP contribution in [0.5, 0.6) is 0 Å². The minimum absolute atomic E-state index is 0.243. The highest BCUT2D eigenvalue weighted by Crippen LogP contribution is 2.20. The summed E-state index contributed by atoms with van der Waals surface area (Å²) in [7, 11) is 1.97. The molecule has 1 N–H and O–H groups in total. The van der Waals surface area contributed by atoms with E-state index in [0.717, 1.165) is 36.1 Å². The molecule has 0 aromatic heterocycles. The largest absolute Gasteiger partial charge is 0.342 e. The highest BCUT2D eigenvalue weighted by atomic mass is 79.9. The number of halogens is 1. The van der Waals surface area contributed by atoms with Gasteiger partial charge in [0, 0.05) is 17.6 Å². The van der Waals surface area contributed by atoms with E-state index in [2.05, 4.69) is 21.2 Å². The summed E-state index contributed by atoms with van der Waals surface area (Å²) in [5.41, 5.74) is 1.07. The highest BCUT2D eigenvalue weighted by molar-refractivity contribution is 9.10. The topological polar surface area (TPSA) is 32.3 Å². The zero-order valence-electron chi connectivity index (χ0n) is 11.4. The minimum atomic E-state index is 0.243. The van der Waals surface area contributed by atoms with E-state index < -0.39 is 0 Å². The third-order valence-electron chi connectivity index (χ3n) is 3.66. The molecule has 104 valence electrons. The number of benzene rings is 1. The summed E-state index contributed by atoms with van der Waals surface area (Å²) in [6.07, 6.45) is 2.83. The minimum Gasteiger partial charge on any atom is -0.342 e. The summed E-state index contributed by atoms with van der Waals surface area (Å²) in [5, 5.41) is 3.21. The van der Waals surface area contributed by atoms with Gasteiger partial charge in [-0.1, -0.05) is 34.1 Å². The molecule has 1 aliphatic rings. The first-order valence-corrected chi connectivity index (χ1v) is 7.65. The number of carbonyl (C=O) groups excluding carboxylic acids is 1. The van der Waals surface area contributed by atoms with Crippen molar-refractivity contribution in [1.82, 2.24) is 10.2 Å². The van der Waals surface area contributed by atoms with Crippen molar-refractivity contribution < 1.29 is 4.79 Å². The van der Waals surface area contributed by atoms with Crippen LogP contribution in [0.25, 0.3) is 0 Å². The lowest BCUT2D eigenvalue weighted by molar-refractivity contribution is -0.132. The van der Waals surface area contributed by atoms with Crippen molar-refractivity contribution in [3.63, 3.8) is 0 Å². The van der Waals surface area contributed by atoms with Crippen LogP contribution >= 0.6 is 15.9 Å². The molecule has 1 saturated heterocycles. The van der Waals surface area contributed by atoms with E-state index in [9.17, 15) is 4.79 Å². The average molecular weight is 325 g/mol. The van der Waals surface area contributed by atoms with Crippen molar-refractivity contribution in [1.29, 1.82) is 0 Å². The van der Waals surface area contributed by atoms with Gasteiger partial charge < -0.3 is 10.2 Å². The molecular formula is C15H21BrN2O. The lowest BCUT2D eigenvalue weighted by Gasteiger charge is -2.33. The number of rotatable bonds is 4. The number of likely N-dealkylation sites (tertiary alicyclic amines) is 1. The standard InChI is InChI=1S/C15H21BrN2O/c1-17-10-12-5-4-8-18(11-12)15(19)9-13-6-2-3-7-14(13)16/h2-3,6-7,12,17H,4-5,8-11H2,1H3/t12-/m1/s1. The van der Waals surface area contributed by atoms with Crippen molar-refractivity contribution in [3.05, 3.63) is 34.3 Å². The van der Waals surface area contributed by atoms with Crippen LogP contribution in [0.4, 0.5) is 0 Å². The molecule has 19 heavy (non-hydrogen) atoms. The lowest BCUT2D eigenvalue weighted by atomic mass is 9.97. The lowest BCUT2D eigenvalue weighted by Crippen LogP contribution is -2.43. The molecule has 1 fully saturated rings. The number of hydrogen-bond acceptors (Lipinski definition) is 2. The molecule has 0 unspecified atom stereocenters. The van der Waals surface area contributed by atoms with Crippen molar-refractivity contribution in [2.75, 3.05) is 26.7 Å². The number of hydrogen-bond donors (Lipinski definition) is 1. The van der Waals surface area contributed by atoms with Crippen LogP contribution in [0.2, 0.25) is 0 Å². The molecule has 1 heterocycles. The molecule has 1 amide bonds. The van der Waals surface area contributed by atoms with Gasteiger partial charge in [0.25, 0.3) is 0 Å². The van der Waals surface area contributed by atoms with Crippen LogP contribution in [0.3, 0.4) is 0 Å². The second kappa shape index (κ2) is 7.06. The van der Waals surface area contributed by atoms with E-state index in [0.29, 0.717) is 12.3 Å². The van der Waals surface area contributed by atoms with E-state index in [1.165, 1.54) is 6.42 Å². The Labute approximate surface area is 123 Å². The fourth-order valence-electron chi connectivity index (χ4n) is 2.66. The van der Waals surface area contributed by atoms with Gasteiger partial charge in [0.05, 0.1) is 6.42 Å². The normalized spacial score (nSPS) is 19.5. The first-order chi connectivity index (χ1) is 9.20. The molecule has 0 bridgehead atoms. The molecular weight excluding hydrogens is 304 g/mol. The van der Waals surface area contributed by atoms with Crippen LogP contribution in [0, 0.1) is 5.92 Å². The van der Waals surface area contributed by atoms with Gasteiger partial charge in [0.1, 0.15) is 0 Å². The smallest absolute Gasteiger partial charge is 0.227 e. The Bertz CT molecular complexity index is 434. The van der Waals surface area contributed by atoms with Crippen LogP contribution in [-0.4, -0.2) is 37.5 Å². The molecule has 1 aliphatic heterocycles. The number of amides is 1. The molecule has 0 saturated carbocycles. The number of nitrogens with one attached hydrogen (secondary N) is 1. The molecule has 0 spiro atoms. The Balaban J connectivity index is 1.94. The molecule has 1 atom stereocenters. The van der Waals surface area contributed by atoms with E-state index in [-0.39, 0.29) is 5.91 Å². The third-order valence-corrected chi connectivity index (χ3v) is 4.44. The zero-order valence-corrected chi connectivity index (χ0v) is 12.9. The Morgan fingerprint density at radius 2 is 2.26 bits per heavy atom. The van der Waals surface area contributed by atoms with Crippen LogP contribution in [0.1, 0.15) is 18.4 Å². The molecule has 2 rings (SSSR count). The SMILES string of the molecule is CNC[C@H]1CCCN(C(=O)Cc2ccccc2Br)C1. The van der Waals surface area contributed by atoms with Gasteiger partial charge in [-0.15, -0.1) is 0 Å². The zero-order chi connectivity index (χ0) is 13.7. The van der Waals surface area contributed by atoms with Gasteiger partial charge >= 0.3 is 0 Å². The van der Waals surface area contributed by atoms with Gasteiger partial charge in [-0.2, -0.15) is 0 Å². The first kappa shape index (κ1) is 14.5. The van der Waals surface area contributed by atoms with E-state index in [1.807, 2.05) is 36.2 Å². The second-order valence-electron chi connectivity index (χ2n) is 5.17. The third kappa shape index (κ3) is 4.05. The summed E-state index contributed by atoms with van der Waals surface area (Å²) in [5.74, 6) is 0.842. The Morgan fingerprint density at radius 3 is 3.00 bits per heavy atom. The molecule has 0 aliphatic carbocycles. The molecule has 1 aromatic carbocycles. The summed E-state index contributed by atoms with van der Waals surface area (Å²) >= 11 is 3.50. The van der Waals surface area contributed by atoms with Gasteiger partial charge in [0.15, 0.2) is 0 Å².